The number of thiazole rings is 1. The first-order chi connectivity index (χ1) is 16.0. The van der Waals surface area contributed by atoms with E-state index in [1.165, 1.54) is 35.2 Å². The quantitative estimate of drug-likeness (QED) is 0.169. The number of fused-ring (bicyclic) bond motifs is 1. The average Bonchev–Trinajstić information content (AvgIpc) is 3.28. The number of carbonyl (C=O) groups is 1. The van der Waals surface area contributed by atoms with Crippen LogP contribution < -0.4 is 10.9 Å². The molecule has 168 valence electrons. The Kier molecular flexibility index (Phi) is 6.80. The van der Waals surface area contributed by atoms with Crippen LogP contribution in [0.1, 0.15) is 13.3 Å². The zero-order valence-electron chi connectivity index (χ0n) is 17.6. The number of thioether (sulfide) groups is 1. The molecule has 0 aliphatic carbocycles. The number of non-ortho nitro benzene ring substituents is 1. The van der Waals surface area contributed by atoms with E-state index in [-0.39, 0.29) is 23.6 Å². The van der Waals surface area contributed by atoms with E-state index in [2.05, 4.69) is 15.3 Å². The van der Waals surface area contributed by atoms with E-state index < -0.39 is 4.92 Å². The second-order valence-electron chi connectivity index (χ2n) is 6.95. The van der Waals surface area contributed by atoms with Crippen molar-refractivity contribution in [2.24, 2.45) is 0 Å². The SMILES string of the molecule is CCn1c(SCCC(=O)Nc2nc(-c3cccc([N+](=O)[O-])c3)cs2)nc2ccccc2c1=O. The minimum atomic E-state index is -0.460. The van der Waals surface area contributed by atoms with E-state index in [0.29, 0.717) is 44.7 Å². The highest BCUT2D eigenvalue weighted by Crippen LogP contribution is 2.27. The molecule has 0 radical (unpaired) electrons. The molecular formula is C22H19N5O4S2. The van der Waals surface area contributed by atoms with Gasteiger partial charge in [-0.15, -0.1) is 11.3 Å². The number of rotatable bonds is 8. The van der Waals surface area contributed by atoms with Crippen molar-refractivity contribution >= 4 is 50.7 Å². The molecule has 0 atom stereocenters. The fourth-order valence-corrected chi connectivity index (χ4v) is 4.93. The molecule has 4 rings (SSSR count). The number of aromatic nitrogens is 3. The van der Waals surface area contributed by atoms with Crippen LogP contribution in [0.2, 0.25) is 0 Å². The fourth-order valence-electron chi connectivity index (χ4n) is 3.20. The molecule has 2 aromatic carbocycles. The maximum absolute atomic E-state index is 12.7. The van der Waals surface area contributed by atoms with Gasteiger partial charge in [-0.3, -0.25) is 24.3 Å². The van der Waals surface area contributed by atoms with E-state index in [1.807, 2.05) is 19.1 Å². The molecule has 11 heteroatoms. The summed E-state index contributed by atoms with van der Waals surface area (Å²) >= 11 is 2.60. The van der Waals surface area contributed by atoms with Crippen molar-refractivity contribution in [1.29, 1.82) is 0 Å². The lowest BCUT2D eigenvalue weighted by Gasteiger charge is -2.10. The van der Waals surface area contributed by atoms with Crippen LogP contribution in [0.15, 0.2) is 63.9 Å². The predicted molar refractivity (Wildman–Crippen MR) is 130 cm³/mol. The summed E-state index contributed by atoms with van der Waals surface area (Å²) in [6, 6.07) is 13.4. The van der Waals surface area contributed by atoms with Crippen LogP contribution >= 0.6 is 23.1 Å². The summed E-state index contributed by atoms with van der Waals surface area (Å²) in [5, 5.41) is 17.0. The number of hydrogen-bond acceptors (Lipinski definition) is 8. The van der Waals surface area contributed by atoms with Gasteiger partial charge in [0.05, 0.1) is 21.5 Å². The normalized spacial score (nSPS) is 10.9. The van der Waals surface area contributed by atoms with Gasteiger partial charge < -0.3 is 5.32 Å². The standard InChI is InChI=1S/C22H19N5O4S2/c1-2-26-20(29)16-8-3-4-9-17(16)24-22(26)32-11-10-19(28)25-21-23-18(13-33-21)14-6-5-7-15(12-14)27(30)31/h3-9,12-13H,2,10-11H2,1H3,(H,23,25,28). The van der Waals surface area contributed by atoms with Crippen molar-refractivity contribution in [3.63, 3.8) is 0 Å². The van der Waals surface area contributed by atoms with Gasteiger partial charge in [-0.25, -0.2) is 9.97 Å². The van der Waals surface area contributed by atoms with E-state index in [9.17, 15) is 19.7 Å². The van der Waals surface area contributed by atoms with Crippen LogP contribution in [0.3, 0.4) is 0 Å². The molecule has 2 heterocycles. The Morgan fingerprint density at radius 3 is 2.82 bits per heavy atom. The highest BCUT2D eigenvalue weighted by molar-refractivity contribution is 7.99. The van der Waals surface area contributed by atoms with Gasteiger partial charge in [0.1, 0.15) is 0 Å². The lowest BCUT2D eigenvalue weighted by Crippen LogP contribution is -2.22. The van der Waals surface area contributed by atoms with E-state index in [0.717, 1.165) is 0 Å². The number of nitrogens with zero attached hydrogens (tertiary/aromatic N) is 4. The number of nitro groups is 1. The monoisotopic (exact) mass is 481 g/mol. The Balaban J connectivity index is 1.39. The Morgan fingerprint density at radius 1 is 1.21 bits per heavy atom. The topological polar surface area (TPSA) is 120 Å². The summed E-state index contributed by atoms with van der Waals surface area (Å²) in [7, 11) is 0. The van der Waals surface area contributed by atoms with E-state index in [1.54, 1.807) is 34.2 Å². The second kappa shape index (κ2) is 9.92. The summed E-state index contributed by atoms with van der Waals surface area (Å²) in [6.07, 6.45) is 0.211. The van der Waals surface area contributed by atoms with Crippen molar-refractivity contribution in [2.75, 3.05) is 11.1 Å². The second-order valence-corrected chi connectivity index (χ2v) is 8.87. The number of nitrogens with one attached hydrogen (secondary N) is 1. The number of hydrogen-bond donors (Lipinski definition) is 1. The van der Waals surface area contributed by atoms with Gasteiger partial charge in [-0.1, -0.05) is 36.0 Å². The molecular weight excluding hydrogens is 462 g/mol. The molecule has 0 bridgehead atoms. The zero-order chi connectivity index (χ0) is 23.4. The highest BCUT2D eigenvalue weighted by Gasteiger charge is 2.13. The van der Waals surface area contributed by atoms with Crippen LogP contribution in [0.4, 0.5) is 10.8 Å². The first-order valence-electron chi connectivity index (χ1n) is 10.1. The van der Waals surface area contributed by atoms with Gasteiger partial charge in [0.15, 0.2) is 10.3 Å². The Hall–Kier alpha value is -3.57. The van der Waals surface area contributed by atoms with Crippen LogP contribution in [0.5, 0.6) is 0 Å². The van der Waals surface area contributed by atoms with Gasteiger partial charge >= 0.3 is 0 Å². The summed E-state index contributed by atoms with van der Waals surface area (Å²) < 4.78 is 1.61. The van der Waals surface area contributed by atoms with Gasteiger partial charge in [-0.2, -0.15) is 0 Å². The lowest BCUT2D eigenvalue weighted by atomic mass is 10.1. The Morgan fingerprint density at radius 2 is 2.03 bits per heavy atom. The van der Waals surface area contributed by atoms with Crippen molar-refractivity contribution in [2.45, 2.75) is 25.0 Å². The predicted octanol–water partition coefficient (Wildman–Crippen LogP) is 4.57. The third-order valence-corrected chi connectivity index (χ3v) is 6.54. The van der Waals surface area contributed by atoms with Crippen LogP contribution in [0, 0.1) is 10.1 Å². The average molecular weight is 482 g/mol. The molecule has 2 aromatic heterocycles. The number of nitro benzene ring substituents is 1. The molecule has 1 amide bonds. The number of benzene rings is 2. The Labute approximate surface area is 196 Å². The first-order valence-corrected chi connectivity index (χ1v) is 12.0. The largest absolute Gasteiger partial charge is 0.302 e. The van der Waals surface area contributed by atoms with Crippen LogP contribution in [-0.2, 0) is 11.3 Å². The first kappa shape index (κ1) is 22.6. The highest BCUT2D eigenvalue weighted by atomic mass is 32.2. The smallest absolute Gasteiger partial charge is 0.270 e. The molecule has 9 nitrogen and oxygen atoms in total. The van der Waals surface area contributed by atoms with Gasteiger partial charge in [0, 0.05) is 41.8 Å². The summed E-state index contributed by atoms with van der Waals surface area (Å²) in [5.74, 6) is 0.230. The van der Waals surface area contributed by atoms with Crippen molar-refractivity contribution < 1.29 is 9.72 Å². The molecule has 0 spiro atoms. The zero-order valence-corrected chi connectivity index (χ0v) is 19.2. The maximum atomic E-state index is 12.7. The molecule has 0 saturated heterocycles. The molecule has 0 saturated carbocycles. The summed E-state index contributed by atoms with van der Waals surface area (Å²) in [5.41, 5.74) is 1.69. The molecule has 0 fully saturated rings. The molecule has 0 aliphatic heterocycles. The van der Waals surface area contributed by atoms with Gasteiger partial charge in [0.25, 0.3) is 11.2 Å². The summed E-state index contributed by atoms with van der Waals surface area (Å²) in [6.45, 7) is 2.38. The number of carbonyl (C=O) groups excluding carboxylic acids is 1. The third kappa shape index (κ3) is 5.10. The number of para-hydroxylation sites is 1. The lowest BCUT2D eigenvalue weighted by molar-refractivity contribution is -0.384. The molecule has 0 unspecified atom stereocenters. The minimum absolute atomic E-state index is 0.0176. The molecule has 0 aliphatic rings. The van der Waals surface area contributed by atoms with Crippen molar-refractivity contribution in [3.8, 4) is 11.3 Å². The molecule has 33 heavy (non-hydrogen) atoms. The summed E-state index contributed by atoms with van der Waals surface area (Å²) in [4.78, 5) is 44.5. The number of amides is 1. The van der Waals surface area contributed by atoms with Gasteiger partial charge in [-0.05, 0) is 19.1 Å². The van der Waals surface area contributed by atoms with Crippen LogP contribution in [0.25, 0.3) is 22.2 Å². The fraction of sp³-hybridized carbons (Fsp3) is 0.182. The van der Waals surface area contributed by atoms with Gasteiger partial charge in [0.2, 0.25) is 5.91 Å². The van der Waals surface area contributed by atoms with Crippen molar-refractivity contribution in [3.05, 3.63) is 74.4 Å². The minimum Gasteiger partial charge on any atom is -0.302 e. The molecule has 4 aromatic rings. The third-order valence-electron chi connectivity index (χ3n) is 4.81. The van der Waals surface area contributed by atoms with Crippen LogP contribution in [-0.4, -0.2) is 31.1 Å². The number of anilines is 1. The maximum Gasteiger partial charge on any atom is 0.270 e. The van der Waals surface area contributed by atoms with Crippen molar-refractivity contribution in [1.82, 2.24) is 14.5 Å². The van der Waals surface area contributed by atoms with E-state index in [4.69, 9.17) is 0 Å². The Bertz CT molecular complexity index is 1400. The molecule has 1 N–H and O–H groups in total. The van der Waals surface area contributed by atoms with E-state index >= 15 is 0 Å².